The summed E-state index contributed by atoms with van der Waals surface area (Å²) >= 11 is 0. The predicted molar refractivity (Wildman–Crippen MR) is 83.7 cm³/mol. The van der Waals surface area contributed by atoms with Gasteiger partial charge in [-0.2, -0.15) is 8.78 Å². The molecule has 2 nitrogen and oxygen atoms in total. The molecule has 0 aliphatic heterocycles. The minimum absolute atomic E-state index is 0.149. The van der Waals surface area contributed by atoms with Crippen molar-refractivity contribution in [1.82, 2.24) is 4.98 Å². The maximum absolute atomic E-state index is 12.1. The molecule has 1 aromatic heterocycles. The van der Waals surface area contributed by atoms with E-state index in [1.54, 1.807) is 12.1 Å². The predicted octanol–water partition coefficient (Wildman–Crippen LogP) is 5.01. The van der Waals surface area contributed by atoms with E-state index in [-0.39, 0.29) is 5.75 Å². The van der Waals surface area contributed by atoms with Crippen molar-refractivity contribution in [2.24, 2.45) is 0 Å². The lowest BCUT2D eigenvalue weighted by Gasteiger charge is -2.03. The van der Waals surface area contributed by atoms with Gasteiger partial charge in [0, 0.05) is 5.39 Å². The number of ether oxygens (including phenoxy) is 1. The third-order valence-corrected chi connectivity index (χ3v) is 3.17. The lowest BCUT2D eigenvalue weighted by Crippen LogP contribution is -2.01. The van der Waals surface area contributed by atoms with Gasteiger partial charge in [0.1, 0.15) is 5.75 Å². The molecule has 0 aliphatic rings. The van der Waals surface area contributed by atoms with E-state index in [0.717, 1.165) is 22.2 Å². The zero-order chi connectivity index (χ0) is 15.4. The highest BCUT2D eigenvalue weighted by molar-refractivity contribution is 5.80. The lowest BCUT2D eigenvalue weighted by atomic mass is 10.1. The van der Waals surface area contributed by atoms with Crippen LogP contribution in [0.25, 0.3) is 23.1 Å². The number of rotatable bonds is 4. The minimum Gasteiger partial charge on any atom is -0.435 e. The summed E-state index contributed by atoms with van der Waals surface area (Å²) in [5.41, 5.74) is 2.66. The molecule has 3 aromatic rings. The van der Waals surface area contributed by atoms with Crippen LogP contribution in [-0.2, 0) is 0 Å². The molecule has 0 fully saturated rings. The smallest absolute Gasteiger partial charge is 0.387 e. The highest BCUT2D eigenvalue weighted by atomic mass is 19.3. The third-order valence-electron chi connectivity index (χ3n) is 3.17. The van der Waals surface area contributed by atoms with E-state index in [0.29, 0.717) is 0 Å². The number of hydrogen-bond donors (Lipinski definition) is 0. The number of fused-ring (bicyclic) bond motifs is 1. The van der Waals surface area contributed by atoms with E-state index < -0.39 is 6.61 Å². The number of pyridine rings is 1. The van der Waals surface area contributed by atoms with Crippen LogP contribution in [0.5, 0.6) is 5.75 Å². The van der Waals surface area contributed by atoms with Crippen LogP contribution in [0.2, 0.25) is 0 Å². The second-order valence-corrected chi connectivity index (χ2v) is 4.71. The van der Waals surface area contributed by atoms with Crippen LogP contribution in [0.1, 0.15) is 11.3 Å². The molecule has 0 amide bonds. The van der Waals surface area contributed by atoms with Gasteiger partial charge in [-0.25, -0.2) is 4.98 Å². The molecule has 0 spiro atoms. The van der Waals surface area contributed by atoms with Crippen LogP contribution in [-0.4, -0.2) is 11.6 Å². The Labute approximate surface area is 126 Å². The van der Waals surface area contributed by atoms with Gasteiger partial charge in [-0.05, 0) is 35.9 Å². The zero-order valence-electron chi connectivity index (χ0n) is 11.6. The number of hydrogen-bond acceptors (Lipinski definition) is 2. The Balaban J connectivity index is 1.77. The quantitative estimate of drug-likeness (QED) is 0.675. The van der Waals surface area contributed by atoms with Gasteiger partial charge in [-0.1, -0.05) is 42.5 Å². The van der Waals surface area contributed by atoms with E-state index in [1.807, 2.05) is 48.6 Å². The molecule has 0 saturated carbocycles. The van der Waals surface area contributed by atoms with Crippen molar-refractivity contribution >= 4 is 23.1 Å². The molecular formula is C18H13F2NO. The average molecular weight is 297 g/mol. The molecule has 110 valence electrons. The van der Waals surface area contributed by atoms with Crippen molar-refractivity contribution < 1.29 is 13.5 Å². The van der Waals surface area contributed by atoms with Gasteiger partial charge in [0.2, 0.25) is 0 Å². The van der Waals surface area contributed by atoms with Gasteiger partial charge in [0.05, 0.1) is 11.2 Å². The first kappa shape index (κ1) is 14.2. The van der Waals surface area contributed by atoms with Crippen molar-refractivity contribution in [3.63, 3.8) is 0 Å². The topological polar surface area (TPSA) is 22.1 Å². The molecule has 0 saturated heterocycles. The first-order valence-electron chi connectivity index (χ1n) is 6.79. The van der Waals surface area contributed by atoms with Crippen molar-refractivity contribution in [2.45, 2.75) is 6.61 Å². The molecule has 0 radical (unpaired) electrons. The van der Waals surface area contributed by atoms with E-state index in [2.05, 4.69) is 9.72 Å². The second kappa shape index (κ2) is 6.35. The average Bonchev–Trinajstić information content (AvgIpc) is 2.53. The Kier molecular flexibility index (Phi) is 4.10. The summed E-state index contributed by atoms with van der Waals surface area (Å²) in [6.45, 7) is -2.80. The molecule has 22 heavy (non-hydrogen) atoms. The molecule has 0 aliphatic carbocycles. The monoisotopic (exact) mass is 297 g/mol. The van der Waals surface area contributed by atoms with Crippen LogP contribution < -0.4 is 4.74 Å². The highest BCUT2D eigenvalue weighted by Gasteiger charge is 2.02. The summed E-state index contributed by atoms with van der Waals surface area (Å²) in [6.07, 6.45) is 3.76. The summed E-state index contributed by atoms with van der Waals surface area (Å²) in [7, 11) is 0. The van der Waals surface area contributed by atoms with Gasteiger partial charge < -0.3 is 4.74 Å². The van der Waals surface area contributed by atoms with E-state index in [9.17, 15) is 8.78 Å². The Morgan fingerprint density at radius 3 is 2.41 bits per heavy atom. The van der Waals surface area contributed by atoms with Crippen molar-refractivity contribution in [3.8, 4) is 5.75 Å². The number of aromatic nitrogens is 1. The fraction of sp³-hybridized carbons (Fsp3) is 0.0556. The third kappa shape index (κ3) is 3.47. The molecule has 0 N–H and O–H groups in total. The Morgan fingerprint density at radius 2 is 1.64 bits per heavy atom. The molecular weight excluding hydrogens is 284 g/mol. The van der Waals surface area contributed by atoms with Crippen LogP contribution >= 0.6 is 0 Å². The molecule has 4 heteroatoms. The fourth-order valence-corrected chi connectivity index (χ4v) is 2.12. The van der Waals surface area contributed by atoms with Gasteiger partial charge in [-0.15, -0.1) is 0 Å². The first-order valence-corrected chi connectivity index (χ1v) is 6.79. The van der Waals surface area contributed by atoms with Gasteiger partial charge in [0.15, 0.2) is 0 Å². The summed E-state index contributed by atoms with van der Waals surface area (Å²) in [4.78, 5) is 4.54. The van der Waals surface area contributed by atoms with Crippen molar-refractivity contribution in [3.05, 3.63) is 71.9 Å². The summed E-state index contributed by atoms with van der Waals surface area (Å²) in [5, 5.41) is 1.09. The number of para-hydroxylation sites is 1. The second-order valence-electron chi connectivity index (χ2n) is 4.71. The van der Waals surface area contributed by atoms with Crippen molar-refractivity contribution in [2.75, 3.05) is 0 Å². The zero-order valence-corrected chi connectivity index (χ0v) is 11.6. The number of nitrogens with zero attached hydrogens (tertiary/aromatic N) is 1. The van der Waals surface area contributed by atoms with E-state index in [1.165, 1.54) is 12.1 Å². The molecule has 0 atom stereocenters. The van der Waals surface area contributed by atoms with Crippen LogP contribution in [0.4, 0.5) is 8.78 Å². The maximum atomic E-state index is 12.1. The minimum atomic E-state index is -2.80. The number of benzene rings is 2. The summed E-state index contributed by atoms with van der Waals surface area (Å²) in [6, 6.07) is 18.3. The SMILES string of the molecule is FC(F)Oc1ccc(C=Cc2ccc3ccccc3n2)cc1. The highest BCUT2D eigenvalue weighted by Crippen LogP contribution is 2.17. The summed E-state index contributed by atoms with van der Waals surface area (Å²) in [5.74, 6) is 0.149. The van der Waals surface area contributed by atoms with Crippen LogP contribution in [0.15, 0.2) is 60.7 Å². The fourth-order valence-electron chi connectivity index (χ4n) is 2.12. The van der Waals surface area contributed by atoms with Crippen LogP contribution in [0, 0.1) is 0 Å². The molecule has 2 aromatic carbocycles. The van der Waals surface area contributed by atoms with E-state index >= 15 is 0 Å². The Morgan fingerprint density at radius 1 is 0.864 bits per heavy atom. The van der Waals surface area contributed by atoms with Gasteiger partial charge in [0.25, 0.3) is 0 Å². The van der Waals surface area contributed by atoms with Crippen LogP contribution in [0.3, 0.4) is 0 Å². The summed E-state index contributed by atoms with van der Waals surface area (Å²) < 4.78 is 28.5. The Hall–Kier alpha value is -2.75. The standard InChI is InChI=1S/C18H13F2NO/c19-18(20)22-16-11-6-13(7-12-16)5-9-15-10-8-14-3-1-2-4-17(14)21-15/h1-12,18H. The maximum Gasteiger partial charge on any atom is 0.387 e. The lowest BCUT2D eigenvalue weighted by molar-refractivity contribution is -0.0498. The molecule has 3 rings (SSSR count). The first-order chi connectivity index (χ1) is 10.7. The largest absolute Gasteiger partial charge is 0.435 e. The van der Waals surface area contributed by atoms with Gasteiger partial charge in [-0.3, -0.25) is 0 Å². The molecule has 0 unspecified atom stereocenters. The number of halogens is 2. The molecule has 0 bridgehead atoms. The normalized spacial score (nSPS) is 11.4. The van der Waals surface area contributed by atoms with Crippen molar-refractivity contribution in [1.29, 1.82) is 0 Å². The van der Waals surface area contributed by atoms with Gasteiger partial charge >= 0.3 is 6.61 Å². The molecule has 1 heterocycles. The number of alkyl halides is 2. The van der Waals surface area contributed by atoms with E-state index in [4.69, 9.17) is 0 Å². The Bertz CT molecular complexity index is 798.